The lowest BCUT2D eigenvalue weighted by Gasteiger charge is -2.23. The van der Waals surface area contributed by atoms with Crippen molar-refractivity contribution in [3.05, 3.63) is 209 Å². The van der Waals surface area contributed by atoms with Gasteiger partial charge < -0.3 is 0 Å². The van der Waals surface area contributed by atoms with E-state index in [1.807, 2.05) is 49.4 Å². The molecule has 0 saturated heterocycles. The molecular formula is C56H39NO2. The Kier molecular flexibility index (Phi) is 7.80. The average molecular weight is 758 g/mol. The van der Waals surface area contributed by atoms with Crippen molar-refractivity contribution in [2.75, 3.05) is 0 Å². The van der Waals surface area contributed by atoms with Crippen LogP contribution in [0.15, 0.2) is 175 Å². The minimum absolute atomic E-state index is 0.139. The van der Waals surface area contributed by atoms with Gasteiger partial charge in [-0.25, -0.2) is 0 Å². The SMILES string of the molecule is CC(=Nc1cccc2c1Cc1cccc(-c3c4ccccc4c(-c4ccc5c(c4)C(C)(C)c4ccccc4-5)c4ccccc34)c1C(=O)C2=O)c1ccc2ccccc2c1. The topological polar surface area (TPSA) is 46.5 Å². The van der Waals surface area contributed by atoms with Crippen LogP contribution in [0.3, 0.4) is 0 Å². The molecule has 0 amide bonds. The summed E-state index contributed by atoms with van der Waals surface area (Å²) in [6.07, 6.45) is 0.405. The fraction of sp³-hybridized carbons (Fsp3) is 0.0893. The highest BCUT2D eigenvalue weighted by Crippen LogP contribution is 2.51. The number of rotatable bonds is 4. The van der Waals surface area contributed by atoms with Gasteiger partial charge in [-0.1, -0.05) is 166 Å². The minimum atomic E-state index is -0.501. The molecule has 0 aromatic heterocycles. The van der Waals surface area contributed by atoms with Gasteiger partial charge in [-0.05, 0) is 119 Å². The summed E-state index contributed by atoms with van der Waals surface area (Å²) in [6, 6.07) is 59.0. The van der Waals surface area contributed by atoms with Gasteiger partial charge in [-0.3, -0.25) is 14.6 Å². The molecule has 0 saturated carbocycles. The molecule has 280 valence electrons. The molecule has 3 nitrogen and oxygen atoms in total. The van der Waals surface area contributed by atoms with Crippen LogP contribution in [-0.2, 0) is 11.8 Å². The van der Waals surface area contributed by atoms with Crippen LogP contribution in [-0.4, -0.2) is 17.3 Å². The maximum Gasteiger partial charge on any atom is 0.234 e. The van der Waals surface area contributed by atoms with E-state index in [9.17, 15) is 9.59 Å². The molecule has 0 atom stereocenters. The smallest absolute Gasteiger partial charge is 0.234 e. The summed E-state index contributed by atoms with van der Waals surface area (Å²) in [7, 11) is 0. The Morgan fingerprint density at radius 3 is 1.86 bits per heavy atom. The van der Waals surface area contributed by atoms with Crippen LogP contribution in [0.4, 0.5) is 5.69 Å². The number of aliphatic imine (C=N–C) groups is 1. The van der Waals surface area contributed by atoms with Gasteiger partial charge in [0.05, 0.1) is 5.69 Å². The lowest BCUT2D eigenvalue weighted by atomic mass is 9.80. The Hall–Kier alpha value is -7.23. The molecule has 0 fully saturated rings. The van der Waals surface area contributed by atoms with E-state index in [1.54, 1.807) is 6.07 Å². The molecular weight excluding hydrogens is 719 g/mol. The molecule has 0 radical (unpaired) electrons. The molecule has 9 aromatic carbocycles. The zero-order valence-corrected chi connectivity index (χ0v) is 33.1. The van der Waals surface area contributed by atoms with E-state index in [2.05, 4.69) is 135 Å². The zero-order valence-electron chi connectivity index (χ0n) is 33.1. The highest BCUT2D eigenvalue weighted by molar-refractivity contribution is 6.51. The fourth-order valence-corrected chi connectivity index (χ4v) is 9.98. The lowest BCUT2D eigenvalue weighted by molar-refractivity contribution is 0.0818. The molecule has 0 N–H and O–H groups in total. The van der Waals surface area contributed by atoms with Gasteiger partial charge in [0.25, 0.3) is 0 Å². The van der Waals surface area contributed by atoms with Crippen LogP contribution in [0.1, 0.15) is 69.3 Å². The monoisotopic (exact) mass is 757 g/mol. The number of ketones is 2. The third-order valence-electron chi connectivity index (χ3n) is 12.9. The Morgan fingerprint density at radius 2 is 1.10 bits per heavy atom. The molecule has 0 bridgehead atoms. The van der Waals surface area contributed by atoms with Crippen molar-refractivity contribution in [3.8, 4) is 33.4 Å². The number of carbonyl (C=O) groups is 2. The largest absolute Gasteiger partial charge is 0.285 e. The number of benzene rings is 9. The van der Waals surface area contributed by atoms with Gasteiger partial charge in [-0.15, -0.1) is 0 Å². The fourth-order valence-electron chi connectivity index (χ4n) is 9.98. The Morgan fingerprint density at radius 1 is 0.492 bits per heavy atom. The predicted molar refractivity (Wildman–Crippen MR) is 244 cm³/mol. The number of Topliss-reactive ketones (excluding diaryl/α,β-unsaturated/α-hetero) is 2. The van der Waals surface area contributed by atoms with Crippen LogP contribution in [0.2, 0.25) is 0 Å². The van der Waals surface area contributed by atoms with Crippen molar-refractivity contribution in [1.29, 1.82) is 0 Å². The molecule has 0 aliphatic heterocycles. The number of hydrogen-bond donors (Lipinski definition) is 0. The summed E-state index contributed by atoms with van der Waals surface area (Å²) in [5.41, 5.74) is 14.2. The molecule has 59 heavy (non-hydrogen) atoms. The normalized spacial score (nSPS) is 14.3. The summed E-state index contributed by atoms with van der Waals surface area (Å²) >= 11 is 0. The molecule has 2 aliphatic rings. The van der Waals surface area contributed by atoms with Gasteiger partial charge in [0.1, 0.15) is 0 Å². The van der Waals surface area contributed by atoms with E-state index in [-0.39, 0.29) is 5.41 Å². The van der Waals surface area contributed by atoms with Crippen LogP contribution in [0, 0.1) is 0 Å². The van der Waals surface area contributed by atoms with E-state index in [0.29, 0.717) is 23.2 Å². The van der Waals surface area contributed by atoms with Crippen LogP contribution >= 0.6 is 0 Å². The first-order valence-electron chi connectivity index (χ1n) is 20.3. The lowest BCUT2D eigenvalue weighted by Crippen LogP contribution is -2.15. The quantitative estimate of drug-likeness (QED) is 0.102. The maximum absolute atomic E-state index is 14.7. The van der Waals surface area contributed by atoms with Crippen molar-refractivity contribution in [2.45, 2.75) is 32.6 Å². The zero-order chi connectivity index (χ0) is 40.0. The second kappa shape index (κ2) is 13.2. The highest BCUT2D eigenvalue weighted by Gasteiger charge is 2.36. The van der Waals surface area contributed by atoms with Gasteiger partial charge in [0.2, 0.25) is 11.6 Å². The molecule has 9 aromatic rings. The first kappa shape index (κ1) is 35.0. The van der Waals surface area contributed by atoms with E-state index >= 15 is 0 Å². The summed E-state index contributed by atoms with van der Waals surface area (Å²) in [5, 5.41) is 6.59. The second-order valence-electron chi connectivity index (χ2n) is 16.5. The van der Waals surface area contributed by atoms with Crippen LogP contribution in [0.25, 0.3) is 65.7 Å². The van der Waals surface area contributed by atoms with Gasteiger partial charge in [-0.2, -0.15) is 0 Å². The average Bonchev–Trinajstić information content (AvgIpc) is 3.43. The van der Waals surface area contributed by atoms with E-state index < -0.39 is 11.6 Å². The number of fused-ring (bicyclic) bond motifs is 8. The molecule has 0 spiro atoms. The van der Waals surface area contributed by atoms with Crippen molar-refractivity contribution in [3.63, 3.8) is 0 Å². The van der Waals surface area contributed by atoms with Crippen molar-refractivity contribution in [2.24, 2.45) is 4.99 Å². The number of carbonyl (C=O) groups excluding carboxylic acids is 2. The van der Waals surface area contributed by atoms with E-state index in [1.165, 1.54) is 27.6 Å². The van der Waals surface area contributed by atoms with Crippen molar-refractivity contribution in [1.82, 2.24) is 0 Å². The van der Waals surface area contributed by atoms with Gasteiger partial charge in [0.15, 0.2) is 0 Å². The first-order chi connectivity index (χ1) is 28.8. The van der Waals surface area contributed by atoms with Gasteiger partial charge >= 0.3 is 0 Å². The van der Waals surface area contributed by atoms with E-state index in [4.69, 9.17) is 4.99 Å². The Labute approximate surface area is 343 Å². The van der Waals surface area contributed by atoms with Crippen molar-refractivity contribution >= 4 is 55.3 Å². The predicted octanol–water partition coefficient (Wildman–Crippen LogP) is 13.9. The summed E-state index contributed by atoms with van der Waals surface area (Å²) < 4.78 is 0. The van der Waals surface area contributed by atoms with Crippen LogP contribution < -0.4 is 0 Å². The number of nitrogens with zero attached hydrogens (tertiary/aromatic N) is 1. The minimum Gasteiger partial charge on any atom is -0.285 e. The molecule has 0 unspecified atom stereocenters. The highest BCUT2D eigenvalue weighted by atomic mass is 16.2. The summed E-state index contributed by atoms with van der Waals surface area (Å²) in [4.78, 5) is 34.3. The third-order valence-corrected chi connectivity index (χ3v) is 12.9. The van der Waals surface area contributed by atoms with E-state index in [0.717, 1.165) is 71.6 Å². The van der Waals surface area contributed by atoms with Crippen molar-refractivity contribution < 1.29 is 9.59 Å². The van der Waals surface area contributed by atoms with Crippen LogP contribution in [0.5, 0.6) is 0 Å². The molecule has 11 rings (SSSR count). The maximum atomic E-state index is 14.7. The number of hydrogen-bond acceptors (Lipinski definition) is 3. The summed E-state index contributed by atoms with van der Waals surface area (Å²) in [6.45, 7) is 6.64. The summed E-state index contributed by atoms with van der Waals surface area (Å²) in [5.74, 6) is -0.988. The van der Waals surface area contributed by atoms with Gasteiger partial charge in [0, 0.05) is 28.7 Å². The molecule has 3 heteroatoms. The first-order valence-corrected chi connectivity index (χ1v) is 20.3. The molecule has 2 aliphatic carbocycles. The third kappa shape index (κ3) is 5.31. The standard InChI is InChI=1S/C56H39NO2/c1-33(35-27-26-34-14-4-5-15-36(34)30-35)57-50-25-13-22-45-47(50)31-37-16-12-23-46(52(37)55(59)54(45)58)53-43-20-8-6-18-41(43)51(42-19-7-9-21-44(42)53)38-28-29-40-39-17-10-11-24-48(39)56(2,3)49(40)32-38/h4-30,32H,31H2,1-3H3. The second-order valence-corrected chi connectivity index (χ2v) is 16.5. The molecule has 0 heterocycles. The Bertz CT molecular complexity index is 3270. The Balaban J connectivity index is 1.08.